The van der Waals surface area contributed by atoms with Gasteiger partial charge in [0, 0.05) is 24.1 Å². The minimum Gasteiger partial charge on any atom is -0.427 e. The average Bonchev–Trinajstić information content (AvgIpc) is 3.11. The van der Waals surface area contributed by atoms with Crippen LogP contribution in [0.25, 0.3) is 0 Å². The van der Waals surface area contributed by atoms with E-state index in [2.05, 4.69) is 5.32 Å². The van der Waals surface area contributed by atoms with Crippen LogP contribution in [-0.2, 0) is 19.8 Å². The zero-order valence-corrected chi connectivity index (χ0v) is 18.2. The monoisotopic (exact) mass is 447 g/mol. The van der Waals surface area contributed by atoms with Crippen LogP contribution in [0.2, 0.25) is 0 Å². The lowest BCUT2D eigenvalue weighted by Crippen LogP contribution is -2.37. The van der Waals surface area contributed by atoms with Gasteiger partial charge in [-0.15, -0.1) is 0 Å². The second kappa shape index (κ2) is 8.86. The summed E-state index contributed by atoms with van der Waals surface area (Å²) < 4.78 is 24.4. The average molecular weight is 447 g/mol. The lowest BCUT2D eigenvalue weighted by atomic mass is 9.70. The minimum absolute atomic E-state index is 0.238. The van der Waals surface area contributed by atoms with Crippen LogP contribution in [0.1, 0.15) is 43.4 Å². The van der Waals surface area contributed by atoms with Crippen molar-refractivity contribution >= 4 is 23.5 Å². The summed E-state index contributed by atoms with van der Waals surface area (Å²) in [5, 5.41) is 2.79. The summed E-state index contributed by atoms with van der Waals surface area (Å²) >= 11 is 0. The molecule has 0 saturated heterocycles. The number of hydrogen-bond acceptors (Lipinski definition) is 5. The first-order valence-electron chi connectivity index (χ1n) is 10.6. The number of esters is 2. The van der Waals surface area contributed by atoms with Crippen molar-refractivity contribution in [2.24, 2.45) is 0 Å². The highest BCUT2D eigenvalue weighted by atomic mass is 19.1. The molecule has 0 bridgehead atoms. The molecule has 0 aromatic heterocycles. The molecule has 1 aliphatic heterocycles. The van der Waals surface area contributed by atoms with Crippen LogP contribution in [0.15, 0.2) is 66.7 Å². The maximum Gasteiger partial charge on any atom is 0.310 e. The standard InChI is InChI=1S/C26H22FNO5/c1-3-23(29)32-19-10-5-16(6-11-19)26(17-7-12-20(13-8-17)33-24(30)4-2)21-14-9-18(27)15-22(21)28-25(26)31/h5-15H,3-4H2,1-2H3,(H,28,31). The molecule has 33 heavy (non-hydrogen) atoms. The molecule has 3 aromatic carbocycles. The summed E-state index contributed by atoms with van der Waals surface area (Å²) in [7, 11) is 0. The first-order valence-corrected chi connectivity index (χ1v) is 10.6. The molecule has 3 aromatic rings. The van der Waals surface area contributed by atoms with Crippen molar-refractivity contribution in [1.29, 1.82) is 0 Å². The fraction of sp³-hybridized carbons (Fsp3) is 0.192. The van der Waals surface area contributed by atoms with Crippen molar-refractivity contribution < 1.29 is 28.2 Å². The molecule has 0 fully saturated rings. The van der Waals surface area contributed by atoms with Crippen LogP contribution in [-0.4, -0.2) is 17.8 Å². The Morgan fingerprint density at radius 3 is 1.76 bits per heavy atom. The summed E-state index contributed by atoms with van der Waals surface area (Å²) in [6.45, 7) is 3.40. The van der Waals surface area contributed by atoms with Gasteiger partial charge in [0.15, 0.2) is 0 Å². The van der Waals surface area contributed by atoms with Gasteiger partial charge >= 0.3 is 11.9 Å². The summed E-state index contributed by atoms with van der Waals surface area (Å²) in [4.78, 5) is 36.7. The molecule has 0 spiro atoms. The van der Waals surface area contributed by atoms with E-state index in [1.165, 1.54) is 12.1 Å². The first kappa shape index (κ1) is 22.2. The molecule has 1 heterocycles. The number of amides is 1. The van der Waals surface area contributed by atoms with E-state index in [-0.39, 0.29) is 30.7 Å². The molecule has 7 heteroatoms. The zero-order valence-electron chi connectivity index (χ0n) is 18.2. The molecular formula is C26H22FNO5. The van der Waals surface area contributed by atoms with Gasteiger partial charge in [-0.25, -0.2) is 4.39 Å². The Labute approximate surface area is 190 Å². The van der Waals surface area contributed by atoms with Gasteiger partial charge in [0.1, 0.15) is 22.7 Å². The van der Waals surface area contributed by atoms with Crippen LogP contribution in [0.5, 0.6) is 11.5 Å². The molecule has 168 valence electrons. The molecule has 0 aliphatic carbocycles. The van der Waals surface area contributed by atoms with Crippen molar-refractivity contribution in [3.05, 3.63) is 89.2 Å². The van der Waals surface area contributed by atoms with E-state index in [1.807, 2.05) is 0 Å². The number of anilines is 1. The van der Waals surface area contributed by atoms with E-state index in [0.717, 1.165) is 0 Å². The predicted molar refractivity (Wildman–Crippen MR) is 120 cm³/mol. The predicted octanol–water partition coefficient (Wildman–Crippen LogP) is 4.74. The highest BCUT2D eigenvalue weighted by molar-refractivity contribution is 6.11. The maximum atomic E-state index is 13.9. The van der Waals surface area contributed by atoms with Gasteiger partial charge in [0.05, 0.1) is 0 Å². The number of benzene rings is 3. The SMILES string of the molecule is CCC(=O)Oc1ccc(C2(c3ccc(OC(=O)CC)cc3)C(=O)Nc3cc(F)ccc32)cc1. The Kier molecular flexibility index (Phi) is 5.96. The van der Waals surface area contributed by atoms with Crippen molar-refractivity contribution in [3.63, 3.8) is 0 Å². The molecule has 1 N–H and O–H groups in total. The second-order valence-electron chi connectivity index (χ2n) is 7.60. The van der Waals surface area contributed by atoms with Crippen LogP contribution in [0.4, 0.5) is 10.1 Å². The van der Waals surface area contributed by atoms with E-state index in [1.54, 1.807) is 68.4 Å². The first-order chi connectivity index (χ1) is 15.9. The van der Waals surface area contributed by atoms with Gasteiger partial charge in [-0.2, -0.15) is 0 Å². The Hall–Kier alpha value is -4.00. The Balaban J connectivity index is 1.84. The Bertz CT molecular complexity index is 1160. The molecule has 0 radical (unpaired) electrons. The Morgan fingerprint density at radius 2 is 1.30 bits per heavy atom. The van der Waals surface area contributed by atoms with Gasteiger partial charge in [0.25, 0.3) is 0 Å². The minimum atomic E-state index is -1.27. The molecule has 1 amide bonds. The highest BCUT2D eigenvalue weighted by Crippen LogP contribution is 2.48. The van der Waals surface area contributed by atoms with Gasteiger partial charge in [-0.1, -0.05) is 44.2 Å². The van der Waals surface area contributed by atoms with Gasteiger partial charge in [-0.05, 0) is 47.5 Å². The van der Waals surface area contributed by atoms with E-state index in [9.17, 15) is 18.8 Å². The van der Waals surface area contributed by atoms with Crippen molar-refractivity contribution in [3.8, 4) is 11.5 Å². The number of fused-ring (bicyclic) bond motifs is 1. The highest BCUT2D eigenvalue weighted by Gasteiger charge is 2.49. The van der Waals surface area contributed by atoms with Crippen LogP contribution in [0, 0.1) is 5.82 Å². The van der Waals surface area contributed by atoms with Crippen LogP contribution >= 0.6 is 0 Å². The normalized spacial score (nSPS) is 13.7. The lowest BCUT2D eigenvalue weighted by molar-refractivity contribution is -0.134. The number of nitrogens with one attached hydrogen (secondary N) is 1. The Morgan fingerprint density at radius 1 is 0.818 bits per heavy atom. The number of rotatable bonds is 6. The topological polar surface area (TPSA) is 81.7 Å². The molecule has 0 atom stereocenters. The fourth-order valence-corrected chi connectivity index (χ4v) is 3.98. The van der Waals surface area contributed by atoms with Gasteiger partial charge in [0.2, 0.25) is 5.91 Å². The summed E-state index contributed by atoms with van der Waals surface area (Å²) in [5.74, 6) is -0.822. The third kappa shape index (κ3) is 3.98. The number of hydrogen-bond donors (Lipinski definition) is 1. The van der Waals surface area contributed by atoms with E-state index in [4.69, 9.17) is 9.47 Å². The third-order valence-corrected chi connectivity index (χ3v) is 5.59. The molecule has 1 aliphatic rings. The van der Waals surface area contributed by atoms with E-state index < -0.39 is 11.2 Å². The number of carbonyl (C=O) groups excluding carboxylic acids is 3. The zero-order chi connectivity index (χ0) is 23.6. The van der Waals surface area contributed by atoms with Crippen LogP contribution < -0.4 is 14.8 Å². The summed E-state index contributed by atoms with van der Waals surface area (Å²) in [5.41, 5.74) is 0.914. The molecular weight excluding hydrogens is 425 g/mol. The van der Waals surface area contributed by atoms with Crippen molar-refractivity contribution in [2.75, 3.05) is 5.32 Å². The summed E-state index contributed by atoms with van der Waals surface area (Å²) in [6, 6.07) is 17.5. The smallest absolute Gasteiger partial charge is 0.310 e. The third-order valence-electron chi connectivity index (χ3n) is 5.59. The quantitative estimate of drug-likeness (QED) is 0.436. The fourth-order valence-electron chi connectivity index (χ4n) is 3.98. The largest absolute Gasteiger partial charge is 0.427 e. The van der Waals surface area contributed by atoms with Gasteiger partial charge < -0.3 is 14.8 Å². The molecule has 0 unspecified atom stereocenters. The van der Waals surface area contributed by atoms with Crippen molar-refractivity contribution in [1.82, 2.24) is 0 Å². The summed E-state index contributed by atoms with van der Waals surface area (Å²) in [6.07, 6.45) is 0.476. The number of ether oxygens (including phenoxy) is 2. The molecule has 6 nitrogen and oxygen atoms in total. The second-order valence-corrected chi connectivity index (χ2v) is 7.60. The van der Waals surface area contributed by atoms with E-state index >= 15 is 0 Å². The maximum absolute atomic E-state index is 13.9. The lowest BCUT2D eigenvalue weighted by Gasteiger charge is -2.29. The molecule has 0 saturated carbocycles. The number of carbonyl (C=O) groups is 3. The van der Waals surface area contributed by atoms with Crippen LogP contribution in [0.3, 0.4) is 0 Å². The molecule has 4 rings (SSSR count). The van der Waals surface area contributed by atoms with Gasteiger partial charge in [-0.3, -0.25) is 14.4 Å². The van der Waals surface area contributed by atoms with Crippen molar-refractivity contribution in [2.45, 2.75) is 32.1 Å². The van der Waals surface area contributed by atoms with E-state index in [0.29, 0.717) is 33.9 Å². The number of halogens is 1.